The number of hydrogen-bond acceptors (Lipinski definition) is 3. The molecule has 0 bridgehead atoms. The summed E-state index contributed by atoms with van der Waals surface area (Å²) in [6.07, 6.45) is 0. The van der Waals surface area contributed by atoms with E-state index in [-0.39, 0.29) is 5.69 Å². The monoisotopic (exact) mass is 96.0 g/mol. The smallest absolute Gasteiger partial charge is 0.249 e. The van der Waals surface area contributed by atoms with Gasteiger partial charge in [-0.05, 0) is 0 Å². The fourth-order valence-electron chi connectivity index (χ4n) is 0.296. The third kappa shape index (κ3) is 0.342. The van der Waals surface area contributed by atoms with Crippen molar-refractivity contribution in [1.82, 2.24) is 0 Å². The molecular formula is C4H2NO2. The van der Waals surface area contributed by atoms with Gasteiger partial charge in [-0.3, -0.25) is 9.59 Å². The molecule has 1 aromatic carbocycles. The van der Waals surface area contributed by atoms with Crippen molar-refractivity contribution in [3.05, 3.63) is 26.5 Å². The highest BCUT2D eigenvalue weighted by Gasteiger charge is 2.02. The van der Waals surface area contributed by atoms with Gasteiger partial charge in [0.05, 0.1) is 11.8 Å². The van der Waals surface area contributed by atoms with Gasteiger partial charge in [0, 0.05) is 0 Å². The molecule has 2 N–H and O–H groups in total. The molecule has 0 saturated heterocycles. The van der Waals surface area contributed by atoms with E-state index in [4.69, 9.17) is 5.73 Å². The zero-order chi connectivity index (χ0) is 5.44. The molecule has 0 aromatic heterocycles. The van der Waals surface area contributed by atoms with Crippen molar-refractivity contribution in [2.24, 2.45) is 0 Å². The van der Waals surface area contributed by atoms with Crippen LogP contribution in [0.3, 0.4) is 0 Å². The van der Waals surface area contributed by atoms with E-state index in [0.717, 1.165) is 0 Å². The average molecular weight is 96.1 g/mol. The Morgan fingerprint density at radius 3 is 2.00 bits per heavy atom. The van der Waals surface area contributed by atoms with Crippen molar-refractivity contribution in [3.63, 3.8) is 0 Å². The minimum Gasteiger partial charge on any atom is -0.395 e. The SMILES string of the molecule is Nc1[c]c(=O)c1=O. The second-order valence-corrected chi connectivity index (χ2v) is 1.20. The maximum atomic E-state index is 9.99. The normalized spacial score (nSPS) is 9.71. The zero-order valence-electron chi connectivity index (χ0n) is 3.39. The molecule has 3 nitrogen and oxygen atoms in total. The number of nitrogens with two attached hydrogens (primary N) is 1. The molecule has 0 unspecified atom stereocenters. The lowest BCUT2D eigenvalue weighted by atomic mass is 10.3. The van der Waals surface area contributed by atoms with Crippen LogP contribution in [0.15, 0.2) is 9.59 Å². The van der Waals surface area contributed by atoms with Gasteiger partial charge in [-0.15, -0.1) is 0 Å². The Hall–Kier alpha value is -1.12. The highest BCUT2D eigenvalue weighted by atomic mass is 16.2. The minimum atomic E-state index is -0.613. The van der Waals surface area contributed by atoms with Crippen molar-refractivity contribution in [2.45, 2.75) is 0 Å². The van der Waals surface area contributed by atoms with Crippen LogP contribution in [-0.4, -0.2) is 0 Å². The molecule has 0 aliphatic carbocycles. The van der Waals surface area contributed by atoms with Gasteiger partial charge < -0.3 is 5.73 Å². The lowest BCUT2D eigenvalue weighted by Gasteiger charge is -1.84. The van der Waals surface area contributed by atoms with Crippen molar-refractivity contribution in [3.8, 4) is 0 Å². The van der Waals surface area contributed by atoms with E-state index >= 15 is 0 Å². The first-order chi connectivity index (χ1) is 3.22. The fourth-order valence-corrected chi connectivity index (χ4v) is 0.296. The molecule has 7 heavy (non-hydrogen) atoms. The predicted molar refractivity (Wildman–Crippen MR) is 24.6 cm³/mol. The third-order valence-corrected chi connectivity index (χ3v) is 0.699. The van der Waals surface area contributed by atoms with E-state index in [2.05, 4.69) is 6.07 Å². The Morgan fingerprint density at radius 2 is 2.00 bits per heavy atom. The number of hydrogen-bond donors (Lipinski definition) is 1. The maximum Gasteiger partial charge on any atom is 0.249 e. The molecule has 0 saturated carbocycles. The summed E-state index contributed by atoms with van der Waals surface area (Å²) >= 11 is 0. The Balaban J connectivity index is 3.44. The quantitative estimate of drug-likeness (QED) is 0.407. The van der Waals surface area contributed by atoms with Crippen LogP contribution in [0.2, 0.25) is 0 Å². The average Bonchev–Trinajstić information content (AvgIpc) is 1.68. The van der Waals surface area contributed by atoms with Crippen molar-refractivity contribution >= 4 is 5.69 Å². The van der Waals surface area contributed by atoms with Gasteiger partial charge in [-0.1, -0.05) is 0 Å². The van der Waals surface area contributed by atoms with Gasteiger partial charge in [0.1, 0.15) is 0 Å². The molecular weight excluding hydrogens is 94.0 g/mol. The lowest BCUT2D eigenvalue weighted by molar-refractivity contribution is 1.41. The topological polar surface area (TPSA) is 60.2 Å². The van der Waals surface area contributed by atoms with E-state index in [9.17, 15) is 9.59 Å². The van der Waals surface area contributed by atoms with Crippen LogP contribution in [0.25, 0.3) is 0 Å². The summed E-state index contributed by atoms with van der Waals surface area (Å²) in [6, 6.07) is 2.06. The van der Waals surface area contributed by atoms with Gasteiger partial charge in [-0.2, -0.15) is 0 Å². The van der Waals surface area contributed by atoms with Crippen LogP contribution in [0.5, 0.6) is 0 Å². The van der Waals surface area contributed by atoms with Crippen LogP contribution >= 0.6 is 0 Å². The largest absolute Gasteiger partial charge is 0.395 e. The molecule has 0 aliphatic rings. The van der Waals surface area contributed by atoms with E-state index in [1.165, 1.54) is 0 Å². The number of nitrogen functional groups attached to an aromatic ring is 1. The highest BCUT2D eigenvalue weighted by molar-refractivity contribution is 5.39. The second kappa shape index (κ2) is 0.932. The number of rotatable bonds is 0. The van der Waals surface area contributed by atoms with E-state index in [0.29, 0.717) is 0 Å². The number of anilines is 1. The molecule has 0 atom stereocenters. The molecule has 1 rings (SSSR count). The summed E-state index contributed by atoms with van der Waals surface area (Å²) in [6.45, 7) is 0. The summed E-state index contributed by atoms with van der Waals surface area (Å²) in [5.74, 6) is 0. The second-order valence-electron chi connectivity index (χ2n) is 1.20. The molecule has 35 valence electrons. The first-order valence-corrected chi connectivity index (χ1v) is 1.70. The predicted octanol–water partition coefficient (Wildman–Crippen LogP) is -1.34. The third-order valence-electron chi connectivity index (χ3n) is 0.699. The minimum absolute atomic E-state index is 0.0509. The van der Waals surface area contributed by atoms with Crippen molar-refractivity contribution in [2.75, 3.05) is 5.73 Å². The first kappa shape index (κ1) is 4.05. The lowest BCUT2D eigenvalue weighted by Crippen LogP contribution is -2.32. The molecule has 3 heteroatoms. The van der Waals surface area contributed by atoms with E-state index in [1.807, 2.05) is 0 Å². The highest BCUT2D eigenvalue weighted by Crippen LogP contribution is 1.79. The van der Waals surface area contributed by atoms with Crippen LogP contribution in [-0.2, 0) is 0 Å². The van der Waals surface area contributed by atoms with Crippen LogP contribution in [0, 0.1) is 6.07 Å². The van der Waals surface area contributed by atoms with E-state index < -0.39 is 10.9 Å². The molecule has 0 aliphatic heterocycles. The van der Waals surface area contributed by atoms with Gasteiger partial charge in [-0.25, -0.2) is 0 Å². The zero-order valence-corrected chi connectivity index (χ0v) is 3.39. The Labute approximate surface area is 39.1 Å². The van der Waals surface area contributed by atoms with Crippen molar-refractivity contribution in [1.29, 1.82) is 0 Å². The molecule has 0 amide bonds. The standard InChI is InChI=1S/C4H2NO2/c5-2-1-3(6)4(2)7/h5H2. The van der Waals surface area contributed by atoms with Gasteiger partial charge in [0.25, 0.3) is 0 Å². The van der Waals surface area contributed by atoms with Crippen LogP contribution in [0.1, 0.15) is 0 Å². The van der Waals surface area contributed by atoms with E-state index in [1.54, 1.807) is 0 Å². The fraction of sp³-hybridized carbons (Fsp3) is 0. The summed E-state index contributed by atoms with van der Waals surface area (Å²) in [5, 5.41) is 0. The van der Waals surface area contributed by atoms with Gasteiger partial charge in [0.15, 0.2) is 0 Å². The Morgan fingerprint density at radius 1 is 1.43 bits per heavy atom. The summed E-state index contributed by atoms with van der Waals surface area (Å²) in [4.78, 5) is 19.9. The molecule has 0 fully saturated rings. The van der Waals surface area contributed by atoms with Gasteiger partial charge in [0.2, 0.25) is 10.9 Å². The summed E-state index contributed by atoms with van der Waals surface area (Å²) in [5.41, 5.74) is 3.57. The van der Waals surface area contributed by atoms with Crippen LogP contribution in [0.4, 0.5) is 5.69 Å². The van der Waals surface area contributed by atoms with Crippen LogP contribution < -0.4 is 16.6 Å². The van der Waals surface area contributed by atoms with Crippen molar-refractivity contribution < 1.29 is 0 Å². The molecule has 0 spiro atoms. The molecule has 0 heterocycles. The molecule has 1 aromatic rings. The Bertz CT molecular complexity index is 243. The molecule has 1 radical (unpaired) electrons. The summed E-state index contributed by atoms with van der Waals surface area (Å²) < 4.78 is 0. The first-order valence-electron chi connectivity index (χ1n) is 1.70. The van der Waals surface area contributed by atoms with Gasteiger partial charge >= 0.3 is 0 Å². The summed E-state index contributed by atoms with van der Waals surface area (Å²) in [7, 11) is 0. The maximum absolute atomic E-state index is 9.99. The Kier molecular flexibility index (Phi) is 0.539.